The van der Waals surface area contributed by atoms with Gasteiger partial charge in [0.15, 0.2) is 11.5 Å². The van der Waals surface area contributed by atoms with E-state index in [0.29, 0.717) is 35.5 Å². The molecule has 2 aromatic rings. The Balaban J connectivity index is 1.77. The van der Waals surface area contributed by atoms with Gasteiger partial charge >= 0.3 is 0 Å². The lowest BCUT2D eigenvalue weighted by atomic mass is 10.00. The van der Waals surface area contributed by atoms with Crippen LogP contribution in [0.5, 0.6) is 17.2 Å². The molecule has 3 rings (SSSR count). The summed E-state index contributed by atoms with van der Waals surface area (Å²) in [6, 6.07) is 15.4. The molecular weight excluding hydrogens is 328 g/mol. The minimum absolute atomic E-state index is 0.103. The largest absolute Gasteiger partial charge is 0.490 e. The number of piperidine rings is 1. The number of amides is 1. The molecule has 2 aromatic carbocycles. The predicted molar refractivity (Wildman–Crippen MR) is 102 cm³/mol. The van der Waals surface area contributed by atoms with Crippen molar-refractivity contribution < 1.29 is 14.3 Å². The van der Waals surface area contributed by atoms with Crippen LogP contribution in [0.25, 0.3) is 0 Å². The Kier molecular flexibility index (Phi) is 6.12. The van der Waals surface area contributed by atoms with E-state index in [1.807, 2.05) is 49.4 Å². The van der Waals surface area contributed by atoms with E-state index in [4.69, 9.17) is 9.47 Å². The minimum Gasteiger partial charge on any atom is -0.490 e. The quantitative estimate of drug-likeness (QED) is 0.829. The van der Waals surface area contributed by atoms with Crippen LogP contribution in [0.3, 0.4) is 0 Å². The average Bonchev–Trinajstić information content (AvgIpc) is 2.64. The molecule has 1 aliphatic rings. The lowest BCUT2D eigenvalue weighted by Gasteiger charge is -2.28. The Hall–Kier alpha value is -2.53. The van der Waals surface area contributed by atoms with Gasteiger partial charge in [-0.05, 0) is 57.5 Å². The zero-order valence-electron chi connectivity index (χ0n) is 15.3. The first kappa shape index (κ1) is 18.3. The second-order valence-electron chi connectivity index (χ2n) is 6.53. The summed E-state index contributed by atoms with van der Waals surface area (Å²) < 4.78 is 11.6. The molecule has 26 heavy (non-hydrogen) atoms. The zero-order valence-corrected chi connectivity index (χ0v) is 15.3. The number of hydrogen-bond acceptors (Lipinski definition) is 4. The predicted octanol–water partition coefficient (Wildman–Crippen LogP) is 3.75. The van der Waals surface area contributed by atoms with Gasteiger partial charge < -0.3 is 20.1 Å². The van der Waals surface area contributed by atoms with E-state index in [1.165, 1.54) is 0 Å². The number of carbonyl (C=O) groups excluding carboxylic acids is 1. The summed E-state index contributed by atoms with van der Waals surface area (Å²) in [6.07, 6.45) is 1.87. The summed E-state index contributed by atoms with van der Waals surface area (Å²) in [6.45, 7) is 5.54. The lowest BCUT2D eigenvalue weighted by Crippen LogP contribution is -2.46. The second-order valence-corrected chi connectivity index (χ2v) is 6.53. The van der Waals surface area contributed by atoms with Crippen molar-refractivity contribution in [2.24, 2.45) is 0 Å². The maximum Gasteiger partial charge on any atom is 0.255 e. The second kappa shape index (κ2) is 8.72. The van der Waals surface area contributed by atoms with Crippen molar-refractivity contribution in [1.82, 2.24) is 10.6 Å². The third kappa shape index (κ3) is 4.55. The van der Waals surface area contributed by atoms with E-state index in [0.717, 1.165) is 19.4 Å². The van der Waals surface area contributed by atoms with Gasteiger partial charge in [0.25, 0.3) is 5.91 Å². The standard InChI is InChI=1S/C21H26N2O3/c1-3-25-19-10-6-7-11-20(19)26-18-9-5-4-8-17(18)21(24)23-16-12-13-22-15(2)14-16/h4-11,15-16,22H,3,12-14H2,1-2H3,(H,23,24). The van der Waals surface area contributed by atoms with E-state index in [2.05, 4.69) is 17.6 Å². The Bertz CT molecular complexity index is 748. The minimum atomic E-state index is -0.103. The molecule has 0 saturated carbocycles. The molecule has 5 nitrogen and oxygen atoms in total. The van der Waals surface area contributed by atoms with E-state index >= 15 is 0 Å². The van der Waals surface area contributed by atoms with Crippen LogP contribution in [0.4, 0.5) is 0 Å². The maximum atomic E-state index is 12.8. The van der Waals surface area contributed by atoms with Crippen molar-refractivity contribution in [2.45, 2.75) is 38.8 Å². The summed E-state index contributed by atoms with van der Waals surface area (Å²) in [5, 5.41) is 6.54. The van der Waals surface area contributed by atoms with E-state index in [1.54, 1.807) is 6.07 Å². The average molecular weight is 354 g/mol. The highest BCUT2D eigenvalue weighted by Crippen LogP contribution is 2.33. The van der Waals surface area contributed by atoms with Crippen molar-refractivity contribution in [3.63, 3.8) is 0 Å². The third-order valence-electron chi connectivity index (χ3n) is 4.46. The number of rotatable bonds is 6. The molecule has 5 heteroatoms. The molecule has 0 aromatic heterocycles. The van der Waals surface area contributed by atoms with E-state index in [-0.39, 0.29) is 11.9 Å². The molecule has 2 unspecified atom stereocenters. The zero-order chi connectivity index (χ0) is 18.4. The van der Waals surface area contributed by atoms with Crippen LogP contribution in [0.15, 0.2) is 48.5 Å². The highest BCUT2D eigenvalue weighted by Gasteiger charge is 2.22. The molecule has 2 atom stereocenters. The molecule has 0 spiro atoms. The molecular formula is C21H26N2O3. The molecule has 1 aliphatic heterocycles. The molecule has 1 heterocycles. The topological polar surface area (TPSA) is 59.6 Å². The number of hydrogen-bond donors (Lipinski definition) is 2. The fourth-order valence-corrected chi connectivity index (χ4v) is 3.20. The van der Waals surface area contributed by atoms with Gasteiger partial charge in [0.1, 0.15) is 5.75 Å². The number of benzene rings is 2. The van der Waals surface area contributed by atoms with Crippen molar-refractivity contribution in [3.05, 3.63) is 54.1 Å². The van der Waals surface area contributed by atoms with E-state index in [9.17, 15) is 4.79 Å². The fourth-order valence-electron chi connectivity index (χ4n) is 3.20. The molecule has 138 valence electrons. The van der Waals surface area contributed by atoms with Crippen LogP contribution in [-0.2, 0) is 0 Å². The molecule has 1 saturated heterocycles. The molecule has 1 fully saturated rings. The summed E-state index contributed by atoms with van der Waals surface area (Å²) in [5.41, 5.74) is 0.532. The number of nitrogens with one attached hydrogen (secondary N) is 2. The monoisotopic (exact) mass is 354 g/mol. The maximum absolute atomic E-state index is 12.8. The van der Waals surface area contributed by atoms with Crippen molar-refractivity contribution >= 4 is 5.91 Å². The number of carbonyl (C=O) groups is 1. The van der Waals surface area contributed by atoms with Gasteiger partial charge in [0.2, 0.25) is 0 Å². The van der Waals surface area contributed by atoms with Gasteiger partial charge in [0.05, 0.1) is 12.2 Å². The first-order valence-electron chi connectivity index (χ1n) is 9.20. The Morgan fingerprint density at radius 1 is 1.12 bits per heavy atom. The Morgan fingerprint density at radius 2 is 1.81 bits per heavy atom. The SMILES string of the molecule is CCOc1ccccc1Oc1ccccc1C(=O)NC1CCNC(C)C1. The summed E-state index contributed by atoms with van der Waals surface area (Å²) in [5.74, 6) is 1.69. The van der Waals surface area contributed by atoms with Crippen molar-refractivity contribution in [3.8, 4) is 17.2 Å². The smallest absolute Gasteiger partial charge is 0.255 e. The summed E-state index contributed by atoms with van der Waals surface area (Å²) >= 11 is 0. The highest BCUT2D eigenvalue weighted by atomic mass is 16.5. The third-order valence-corrected chi connectivity index (χ3v) is 4.46. The van der Waals surface area contributed by atoms with Gasteiger partial charge in [-0.3, -0.25) is 4.79 Å². The Labute approximate surface area is 154 Å². The normalized spacial score (nSPS) is 19.6. The fraction of sp³-hybridized carbons (Fsp3) is 0.381. The first-order chi connectivity index (χ1) is 12.7. The van der Waals surface area contributed by atoms with Gasteiger partial charge in [-0.25, -0.2) is 0 Å². The molecule has 0 aliphatic carbocycles. The van der Waals surface area contributed by atoms with Crippen molar-refractivity contribution in [2.75, 3.05) is 13.2 Å². The van der Waals surface area contributed by atoms with Gasteiger partial charge in [-0.15, -0.1) is 0 Å². The van der Waals surface area contributed by atoms with Crippen LogP contribution in [0.1, 0.15) is 37.0 Å². The summed E-state index contributed by atoms with van der Waals surface area (Å²) in [7, 11) is 0. The molecule has 0 bridgehead atoms. The van der Waals surface area contributed by atoms with Gasteiger partial charge in [0, 0.05) is 12.1 Å². The number of para-hydroxylation sites is 3. The van der Waals surface area contributed by atoms with Crippen LogP contribution < -0.4 is 20.1 Å². The van der Waals surface area contributed by atoms with Gasteiger partial charge in [-0.2, -0.15) is 0 Å². The number of ether oxygens (including phenoxy) is 2. The summed E-state index contributed by atoms with van der Waals surface area (Å²) in [4.78, 5) is 12.8. The first-order valence-corrected chi connectivity index (χ1v) is 9.20. The van der Waals surface area contributed by atoms with E-state index < -0.39 is 0 Å². The van der Waals surface area contributed by atoms with Gasteiger partial charge in [-0.1, -0.05) is 24.3 Å². The van der Waals surface area contributed by atoms with Crippen LogP contribution in [-0.4, -0.2) is 31.1 Å². The Morgan fingerprint density at radius 3 is 2.54 bits per heavy atom. The van der Waals surface area contributed by atoms with Crippen LogP contribution >= 0.6 is 0 Å². The molecule has 0 radical (unpaired) electrons. The van der Waals surface area contributed by atoms with Crippen LogP contribution in [0, 0.1) is 0 Å². The molecule has 1 amide bonds. The van der Waals surface area contributed by atoms with Crippen LogP contribution in [0.2, 0.25) is 0 Å². The molecule has 2 N–H and O–H groups in total. The lowest BCUT2D eigenvalue weighted by molar-refractivity contribution is 0.0923. The highest BCUT2D eigenvalue weighted by molar-refractivity contribution is 5.97. The van der Waals surface area contributed by atoms with Crippen molar-refractivity contribution in [1.29, 1.82) is 0 Å².